The number of anilines is 2. The van der Waals surface area contributed by atoms with Crippen molar-refractivity contribution in [2.45, 2.75) is 13.0 Å². The minimum atomic E-state index is 0.0117. The number of hydrogen-bond donors (Lipinski definition) is 2. The molecule has 5 nitrogen and oxygen atoms in total. The Kier molecular flexibility index (Phi) is 5.21. The number of ether oxygens (including phenoxy) is 1. The number of hydrogen-bond acceptors (Lipinski definition) is 4. The van der Waals surface area contributed by atoms with Gasteiger partial charge in [-0.05, 0) is 24.6 Å². The van der Waals surface area contributed by atoms with Gasteiger partial charge in [-0.1, -0.05) is 30.3 Å². The van der Waals surface area contributed by atoms with Gasteiger partial charge in [0.15, 0.2) is 0 Å². The molecule has 0 bridgehead atoms. The molecule has 24 heavy (non-hydrogen) atoms. The molecule has 2 aromatic rings. The molecule has 126 valence electrons. The third kappa shape index (κ3) is 3.79. The van der Waals surface area contributed by atoms with Crippen LogP contribution in [0.4, 0.5) is 11.4 Å². The second kappa shape index (κ2) is 7.73. The van der Waals surface area contributed by atoms with Crippen LogP contribution >= 0.6 is 0 Å². The van der Waals surface area contributed by atoms with Crippen LogP contribution in [0.5, 0.6) is 5.75 Å². The van der Waals surface area contributed by atoms with E-state index in [-0.39, 0.29) is 5.91 Å². The minimum absolute atomic E-state index is 0.0117. The Morgan fingerprint density at radius 3 is 2.88 bits per heavy atom. The summed E-state index contributed by atoms with van der Waals surface area (Å²) in [4.78, 5) is 14.5. The molecular weight excluding hydrogens is 302 g/mol. The summed E-state index contributed by atoms with van der Waals surface area (Å²) in [6.45, 7) is 2.62. The lowest BCUT2D eigenvalue weighted by atomic mass is 10.2. The highest BCUT2D eigenvalue weighted by Crippen LogP contribution is 2.27. The molecule has 1 aliphatic heterocycles. The highest BCUT2D eigenvalue weighted by atomic mass is 16.5. The highest BCUT2D eigenvalue weighted by Gasteiger charge is 2.17. The van der Waals surface area contributed by atoms with E-state index in [2.05, 4.69) is 27.7 Å². The average Bonchev–Trinajstić information content (AvgIpc) is 2.83. The van der Waals surface area contributed by atoms with Crippen molar-refractivity contribution in [1.29, 1.82) is 0 Å². The van der Waals surface area contributed by atoms with E-state index in [0.29, 0.717) is 13.1 Å². The first-order chi connectivity index (χ1) is 11.8. The third-order valence-electron chi connectivity index (χ3n) is 4.17. The van der Waals surface area contributed by atoms with Gasteiger partial charge in [-0.15, -0.1) is 0 Å². The number of nitrogens with one attached hydrogen (secondary N) is 2. The van der Waals surface area contributed by atoms with Crippen LogP contribution in [0, 0.1) is 0 Å². The minimum Gasteiger partial charge on any atom is -0.496 e. The Balaban J connectivity index is 1.63. The summed E-state index contributed by atoms with van der Waals surface area (Å²) in [5.41, 5.74) is 3.15. The van der Waals surface area contributed by atoms with Gasteiger partial charge in [0.1, 0.15) is 5.75 Å². The molecule has 5 heteroatoms. The lowest BCUT2D eigenvalue weighted by Gasteiger charge is -2.23. The van der Waals surface area contributed by atoms with Gasteiger partial charge < -0.3 is 20.3 Å². The van der Waals surface area contributed by atoms with Gasteiger partial charge in [0, 0.05) is 25.2 Å². The molecule has 2 aromatic carbocycles. The predicted molar refractivity (Wildman–Crippen MR) is 96.6 cm³/mol. The van der Waals surface area contributed by atoms with Crippen molar-refractivity contribution in [3.63, 3.8) is 0 Å². The fraction of sp³-hybridized carbons (Fsp3) is 0.316. The fourth-order valence-electron chi connectivity index (χ4n) is 2.95. The Labute approximate surface area is 142 Å². The third-order valence-corrected chi connectivity index (χ3v) is 4.17. The Hall–Kier alpha value is -2.69. The lowest BCUT2D eigenvalue weighted by molar-refractivity contribution is -0.119. The molecule has 3 rings (SSSR count). The zero-order valence-electron chi connectivity index (χ0n) is 13.9. The maximum absolute atomic E-state index is 12.4. The zero-order chi connectivity index (χ0) is 16.8. The standard InChI is InChI=1S/C19H23N3O2/c1-24-18-10-5-2-7-15(18)13-21-19(23)14-22-12-6-11-20-16-8-3-4-9-17(16)22/h2-5,7-10,20H,6,11-14H2,1H3,(H,21,23). The summed E-state index contributed by atoms with van der Waals surface area (Å²) in [5.74, 6) is 0.805. The number of carbonyl (C=O) groups is 1. The molecule has 1 heterocycles. The van der Waals surface area contributed by atoms with Gasteiger partial charge in [-0.2, -0.15) is 0 Å². The van der Waals surface area contributed by atoms with Crippen LogP contribution in [0.1, 0.15) is 12.0 Å². The van der Waals surface area contributed by atoms with E-state index in [9.17, 15) is 4.79 Å². The van der Waals surface area contributed by atoms with Crippen LogP contribution in [-0.2, 0) is 11.3 Å². The molecule has 0 saturated heterocycles. The van der Waals surface area contributed by atoms with E-state index < -0.39 is 0 Å². The largest absolute Gasteiger partial charge is 0.496 e. The van der Waals surface area contributed by atoms with Gasteiger partial charge in [-0.25, -0.2) is 0 Å². The van der Waals surface area contributed by atoms with E-state index in [1.165, 1.54) is 0 Å². The molecular formula is C19H23N3O2. The number of para-hydroxylation sites is 3. The second-order valence-corrected chi connectivity index (χ2v) is 5.81. The average molecular weight is 325 g/mol. The Morgan fingerprint density at radius 1 is 1.21 bits per heavy atom. The number of nitrogens with zero attached hydrogens (tertiary/aromatic N) is 1. The first-order valence-corrected chi connectivity index (χ1v) is 8.24. The van der Waals surface area contributed by atoms with E-state index in [1.54, 1.807) is 7.11 Å². The number of carbonyl (C=O) groups excluding carboxylic acids is 1. The molecule has 0 atom stereocenters. The first kappa shape index (κ1) is 16.2. The molecule has 0 aliphatic carbocycles. The van der Waals surface area contributed by atoms with Crippen molar-refractivity contribution in [3.05, 3.63) is 54.1 Å². The van der Waals surface area contributed by atoms with Crippen molar-refractivity contribution in [1.82, 2.24) is 5.32 Å². The van der Waals surface area contributed by atoms with Crippen molar-refractivity contribution in [2.24, 2.45) is 0 Å². The first-order valence-electron chi connectivity index (χ1n) is 8.24. The van der Waals surface area contributed by atoms with Crippen LogP contribution in [0.15, 0.2) is 48.5 Å². The van der Waals surface area contributed by atoms with Crippen LogP contribution in [0.3, 0.4) is 0 Å². The Morgan fingerprint density at radius 2 is 2.00 bits per heavy atom. The molecule has 1 aliphatic rings. The normalized spacial score (nSPS) is 13.5. The lowest BCUT2D eigenvalue weighted by Crippen LogP contribution is -2.37. The van der Waals surface area contributed by atoms with Crippen LogP contribution in [-0.4, -0.2) is 32.7 Å². The topological polar surface area (TPSA) is 53.6 Å². The number of methoxy groups -OCH3 is 1. The number of benzene rings is 2. The van der Waals surface area contributed by atoms with E-state index in [1.807, 2.05) is 36.4 Å². The van der Waals surface area contributed by atoms with Crippen molar-refractivity contribution in [3.8, 4) is 5.75 Å². The summed E-state index contributed by atoms with van der Waals surface area (Å²) in [7, 11) is 1.64. The molecule has 2 N–H and O–H groups in total. The summed E-state index contributed by atoms with van der Waals surface area (Å²) in [6.07, 6.45) is 1.01. The molecule has 0 unspecified atom stereocenters. The van der Waals surface area contributed by atoms with Crippen LogP contribution < -0.4 is 20.3 Å². The van der Waals surface area contributed by atoms with Gasteiger partial charge >= 0.3 is 0 Å². The van der Waals surface area contributed by atoms with E-state index >= 15 is 0 Å². The molecule has 0 aromatic heterocycles. The van der Waals surface area contributed by atoms with Crippen LogP contribution in [0.2, 0.25) is 0 Å². The molecule has 0 saturated carbocycles. The summed E-state index contributed by atoms with van der Waals surface area (Å²) in [5, 5.41) is 6.40. The number of rotatable bonds is 5. The van der Waals surface area contributed by atoms with Gasteiger partial charge in [-0.3, -0.25) is 4.79 Å². The van der Waals surface area contributed by atoms with E-state index in [0.717, 1.165) is 42.2 Å². The van der Waals surface area contributed by atoms with Crippen molar-refractivity contribution < 1.29 is 9.53 Å². The van der Waals surface area contributed by atoms with Gasteiger partial charge in [0.05, 0.1) is 25.0 Å². The quantitative estimate of drug-likeness (QED) is 0.887. The van der Waals surface area contributed by atoms with Crippen molar-refractivity contribution in [2.75, 3.05) is 37.0 Å². The van der Waals surface area contributed by atoms with Gasteiger partial charge in [0.25, 0.3) is 0 Å². The Bertz CT molecular complexity index is 703. The molecule has 0 fully saturated rings. The van der Waals surface area contributed by atoms with Gasteiger partial charge in [0.2, 0.25) is 5.91 Å². The maximum atomic E-state index is 12.4. The molecule has 0 radical (unpaired) electrons. The summed E-state index contributed by atoms with van der Waals surface area (Å²) >= 11 is 0. The van der Waals surface area contributed by atoms with E-state index in [4.69, 9.17) is 4.74 Å². The number of amides is 1. The summed E-state index contributed by atoms with van der Waals surface area (Å²) in [6, 6.07) is 15.9. The smallest absolute Gasteiger partial charge is 0.239 e. The number of fused-ring (bicyclic) bond motifs is 1. The molecule has 0 spiro atoms. The summed E-state index contributed by atoms with van der Waals surface area (Å²) < 4.78 is 5.32. The highest BCUT2D eigenvalue weighted by molar-refractivity contribution is 5.83. The zero-order valence-corrected chi connectivity index (χ0v) is 13.9. The predicted octanol–water partition coefficient (Wildman–Crippen LogP) is 2.63. The monoisotopic (exact) mass is 325 g/mol. The second-order valence-electron chi connectivity index (χ2n) is 5.81. The molecule has 1 amide bonds. The fourth-order valence-corrected chi connectivity index (χ4v) is 2.95. The van der Waals surface area contributed by atoms with Crippen molar-refractivity contribution >= 4 is 17.3 Å². The maximum Gasteiger partial charge on any atom is 0.239 e. The SMILES string of the molecule is COc1ccccc1CNC(=O)CN1CCCNc2ccccc21. The van der Waals surface area contributed by atoms with Crippen LogP contribution in [0.25, 0.3) is 0 Å².